The van der Waals surface area contributed by atoms with Crippen LogP contribution in [-0.4, -0.2) is 43.3 Å². The minimum atomic E-state index is 0.0876. The largest absolute Gasteiger partial charge is 0.347 e. The molecule has 1 amide bonds. The summed E-state index contributed by atoms with van der Waals surface area (Å²) in [4.78, 5) is 13.4. The lowest BCUT2D eigenvalue weighted by Crippen LogP contribution is -2.44. The SMILES string of the molecule is CNCCN1C(=O)CC(C)C2OC21. The van der Waals surface area contributed by atoms with Crippen LogP contribution in [0.15, 0.2) is 0 Å². The molecule has 0 aromatic carbocycles. The highest BCUT2D eigenvalue weighted by molar-refractivity contribution is 5.78. The van der Waals surface area contributed by atoms with Crippen molar-refractivity contribution in [1.82, 2.24) is 10.2 Å². The molecule has 4 heteroatoms. The van der Waals surface area contributed by atoms with Crippen LogP contribution in [0.3, 0.4) is 0 Å². The summed E-state index contributed by atoms with van der Waals surface area (Å²) < 4.78 is 5.45. The van der Waals surface area contributed by atoms with E-state index >= 15 is 0 Å². The molecule has 0 aliphatic carbocycles. The van der Waals surface area contributed by atoms with Crippen molar-refractivity contribution >= 4 is 5.91 Å². The Bertz CT molecular complexity index is 220. The molecule has 2 saturated heterocycles. The third-order valence-electron chi connectivity index (χ3n) is 2.79. The fourth-order valence-electron chi connectivity index (χ4n) is 1.92. The van der Waals surface area contributed by atoms with E-state index < -0.39 is 0 Å². The van der Waals surface area contributed by atoms with Gasteiger partial charge in [0.05, 0.1) is 0 Å². The number of fused-ring (bicyclic) bond motifs is 1. The normalized spacial score (nSPS) is 37.5. The van der Waals surface area contributed by atoms with E-state index in [2.05, 4.69) is 12.2 Å². The molecule has 0 radical (unpaired) electrons. The molecule has 2 fully saturated rings. The number of hydrogen-bond acceptors (Lipinski definition) is 3. The number of nitrogens with zero attached hydrogens (tertiary/aromatic N) is 1. The van der Waals surface area contributed by atoms with E-state index in [1.807, 2.05) is 11.9 Å². The fraction of sp³-hybridized carbons (Fsp3) is 0.889. The van der Waals surface area contributed by atoms with Gasteiger partial charge in [-0.15, -0.1) is 0 Å². The number of hydrogen-bond donors (Lipinski definition) is 1. The quantitative estimate of drug-likeness (QED) is 0.618. The third-order valence-corrected chi connectivity index (χ3v) is 2.79. The molecule has 3 unspecified atom stereocenters. The molecule has 2 aliphatic heterocycles. The molecule has 4 nitrogen and oxygen atoms in total. The topological polar surface area (TPSA) is 44.9 Å². The van der Waals surface area contributed by atoms with Crippen molar-refractivity contribution in [3.8, 4) is 0 Å². The zero-order chi connectivity index (χ0) is 9.42. The summed E-state index contributed by atoms with van der Waals surface area (Å²) in [5, 5.41) is 3.04. The van der Waals surface area contributed by atoms with Gasteiger partial charge in [0.15, 0.2) is 6.23 Å². The highest BCUT2D eigenvalue weighted by atomic mass is 16.6. The fourth-order valence-corrected chi connectivity index (χ4v) is 1.92. The highest BCUT2D eigenvalue weighted by Crippen LogP contribution is 2.38. The minimum absolute atomic E-state index is 0.0876. The van der Waals surface area contributed by atoms with E-state index in [0.717, 1.165) is 13.1 Å². The number of carbonyl (C=O) groups is 1. The summed E-state index contributed by atoms with van der Waals surface area (Å²) in [6, 6.07) is 0. The smallest absolute Gasteiger partial charge is 0.225 e. The molecular formula is C9H16N2O2. The average molecular weight is 184 g/mol. The van der Waals surface area contributed by atoms with Crippen LogP contribution in [0.2, 0.25) is 0 Å². The second kappa shape index (κ2) is 3.27. The zero-order valence-electron chi connectivity index (χ0n) is 8.12. The molecule has 0 aromatic heterocycles. The molecule has 74 valence electrons. The van der Waals surface area contributed by atoms with Gasteiger partial charge < -0.3 is 15.0 Å². The van der Waals surface area contributed by atoms with Crippen LogP contribution in [0.5, 0.6) is 0 Å². The van der Waals surface area contributed by atoms with Gasteiger partial charge in [0.1, 0.15) is 6.10 Å². The molecular weight excluding hydrogens is 168 g/mol. The second-order valence-corrected chi connectivity index (χ2v) is 3.86. The van der Waals surface area contributed by atoms with Crippen molar-refractivity contribution in [2.75, 3.05) is 20.1 Å². The first kappa shape index (κ1) is 8.97. The van der Waals surface area contributed by atoms with Crippen LogP contribution in [0.4, 0.5) is 0 Å². The number of likely N-dealkylation sites (tertiary alicyclic amines) is 1. The van der Waals surface area contributed by atoms with Crippen molar-refractivity contribution in [1.29, 1.82) is 0 Å². The van der Waals surface area contributed by atoms with E-state index in [1.54, 1.807) is 0 Å². The summed E-state index contributed by atoms with van der Waals surface area (Å²) >= 11 is 0. The molecule has 0 bridgehead atoms. The number of carbonyl (C=O) groups excluding carboxylic acids is 1. The molecule has 13 heavy (non-hydrogen) atoms. The van der Waals surface area contributed by atoms with Crippen molar-refractivity contribution < 1.29 is 9.53 Å². The number of epoxide rings is 1. The number of ether oxygens (including phenoxy) is 1. The Morgan fingerprint density at radius 1 is 1.69 bits per heavy atom. The maximum atomic E-state index is 11.6. The number of amides is 1. The lowest BCUT2D eigenvalue weighted by Gasteiger charge is -2.26. The van der Waals surface area contributed by atoms with Crippen LogP contribution >= 0.6 is 0 Å². The zero-order valence-corrected chi connectivity index (χ0v) is 8.12. The minimum Gasteiger partial charge on any atom is -0.347 e. The molecule has 0 aromatic rings. The van der Waals surface area contributed by atoms with Gasteiger partial charge in [-0.3, -0.25) is 4.79 Å². The van der Waals surface area contributed by atoms with Gasteiger partial charge in [-0.1, -0.05) is 6.92 Å². The first-order valence-electron chi connectivity index (χ1n) is 4.83. The van der Waals surface area contributed by atoms with Gasteiger partial charge in [0, 0.05) is 19.5 Å². The van der Waals surface area contributed by atoms with Crippen molar-refractivity contribution in [2.45, 2.75) is 25.7 Å². The lowest BCUT2D eigenvalue weighted by molar-refractivity contribution is -0.135. The van der Waals surface area contributed by atoms with Crippen molar-refractivity contribution in [2.24, 2.45) is 5.92 Å². The molecule has 1 N–H and O–H groups in total. The first-order valence-corrected chi connectivity index (χ1v) is 4.83. The highest BCUT2D eigenvalue weighted by Gasteiger charge is 2.52. The van der Waals surface area contributed by atoms with Crippen molar-refractivity contribution in [3.63, 3.8) is 0 Å². The van der Waals surface area contributed by atoms with Crippen LogP contribution in [0.25, 0.3) is 0 Å². The van der Waals surface area contributed by atoms with E-state index in [9.17, 15) is 4.79 Å². The predicted molar refractivity (Wildman–Crippen MR) is 48.1 cm³/mol. The monoisotopic (exact) mass is 184 g/mol. The molecule has 2 aliphatic rings. The van der Waals surface area contributed by atoms with Crippen molar-refractivity contribution in [3.05, 3.63) is 0 Å². The van der Waals surface area contributed by atoms with Crippen LogP contribution in [0, 0.1) is 5.92 Å². The number of likely N-dealkylation sites (N-methyl/N-ethyl adjacent to an activating group) is 1. The summed E-state index contributed by atoms with van der Waals surface area (Å²) in [5.41, 5.74) is 0. The van der Waals surface area contributed by atoms with Gasteiger partial charge in [0.2, 0.25) is 5.91 Å². The Hall–Kier alpha value is -0.610. The molecule has 0 spiro atoms. The van der Waals surface area contributed by atoms with Crippen LogP contribution in [-0.2, 0) is 9.53 Å². The Morgan fingerprint density at radius 2 is 2.46 bits per heavy atom. The van der Waals surface area contributed by atoms with E-state index in [4.69, 9.17) is 4.74 Å². The summed E-state index contributed by atoms with van der Waals surface area (Å²) in [6.07, 6.45) is 1.05. The number of nitrogens with one attached hydrogen (secondary N) is 1. The van der Waals surface area contributed by atoms with Crippen LogP contribution in [0.1, 0.15) is 13.3 Å². The predicted octanol–water partition coefficient (Wildman–Crippen LogP) is -0.201. The summed E-state index contributed by atoms with van der Waals surface area (Å²) in [5.74, 6) is 0.643. The summed E-state index contributed by atoms with van der Waals surface area (Å²) in [6.45, 7) is 3.69. The average Bonchev–Trinajstić information content (AvgIpc) is 2.84. The molecule has 2 heterocycles. The van der Waals surface area contributed by atoms with Gasteiger partial charge in [0.25, 0.3) is 0 Å². The van der Waals surface area contributed by atoms with E-state index in [0.29, 0.717) is 18.4 Å². The molecule has 0 saturated carbocycles. The van der Waals surface area contributed by atoms with E-state index in [1.165, 1.54) is 0 Å². The van der Waals surface area contributed by atoms with Gasteiger partial charge in [-0.25, -0.2) is 0 Å². The third kappa shape index (κ3) is 1.56. The first-order chi connectivity index (χ1) is 6.24. The van der Waals surface area contributed by atoms with Gasteiger partial charge in [-0.05, 0) is 13.0 Å². The van der Waals surface area contributed by atoms with E-state index in [-0.39, 0.29) is 12.1 Å². The van der Waals surface area contributed by atoms with Gasteiger partial charge in [-0.2, -0.15) is 0 Å². The maximum absolute atomic E-state index is 11.6. The molecule has 2 rings (SSSR count). The van der Waals surface area contributed by atoms with Crippen LogP contribution < -0.4 is 5.32 Å². The Kier molecular flexibility index (Phi) is 2.26. The number of piperidine rings is 1. The maximum Gasteiger partial charge on any atom is 0.225 e. The Balaban J connectivity index is 1.92. The standard InChI is InChI=1S/C9H16N2O2/c1-6-5-7(12)11(4-3-10-2)9-8(6)13-9/h6,8-10H,3-5H2,1-2H3. The lowest BCUT2D eigenvalue weighted by atomic mass is 9.98. The Morgan fingerprint density at radius 3 is 3.15 bits per heavy atom. The summed E-state index contributed by atoms with van der Waals surface area (Å²) in [7, 11) is 1.89. The molecule has 3 atom stereocenters. The Labute approximate surface area is 78.2 Å². The number of rotatable bonds is 3. The van der Waals surface area contributed by atoms with Gasteiger partial charge >= 0.3 is 0 Å². The second-order valence-electron chi connectivity index (χ2n) is 3.86.